The maximum absolute atomic E-state index is 11.3. The topological polar surface area (TPSA) is 127 Å². The molecule has 0 spiro atoms. The summed E-state index contributed by atoms with van der Waals surface area (Å²) in [6.45, 7) is 5.51. The van der Waals surface area contributed by atoms with Gasteiger partial charge in [-0.25, -0.2) is 0 Å². The Morgan fingerprint density at radius 2 is 1.43 bits per heavy atom. The highest BCUT2D eigenvalue weighted by Gasteiger charge is 2.34. The Bertz CT molecular complexity index is 408. The normalized spacial score (nSPS) is 17.9. The Labute approximate surface area is 126 Å². The van der Waals surface area contributed by atoms with Crippen LogP contribution in [-0.4, -0.2) is 33.2 Å². The fraction of sp³-hybridized carbons (Fsp3) is 0.733. The van der Waals surface area contributed by atoms with Crippen LogP contribution in [0.4, 0.5) is 0 Å². The van der Waals surface area contributed by atoms with Gasteiger partial charge in [0.2, 0.25) is 0 Å². The second-order valence-electron chi connectivity index (χ2n) is 5.85. The Balaban J connectivity index is 4.95. The molecular weight excluding hydrogens is 272 g/mol. The van der Waals surface area contributed by atoms with Gasteiger partial charge in [-0.2, -0.15) is 0 Å². The van der Waals surface area contributed by atoms with Crippen molar-refractivity contribution in [3.05, 3.63) is 11.6 Å². The number of carbonyl (C=O) groups is 2. The van der Waals surface area contributed by atoms with E-state index < -0.39 is 23.0 Å². The molecule has 0 aliphatic rings. The molecule has 0 saturated carbocycles. The van der Waals surface area contributed by atoms with E-state index in [1.807, 2.05) is 13.8 Å². The highest BCUT2D eigenvalue weighted by molar-refractivity contribution is 5.79. The number of hydrogen-bond donors (Lipinski definition) is 4. The van der Waals surface area contributed by atoms with Gasteiger partial charge in [0.25, 0.3) is 0 Å². The fourth-order valence-corrected chi connectivity index (χ4v) is 2.39. The summed E-state index contributed by atoms with van der Waals surface area (Å²) < 4.78 is 0. The average Bonchev–Trinajstić information content (AvgIpc) is 2.36. The summed E-state index contributed by atoms with van der Waals surface area (Å²) in [4.78, 5) is 22.5. The van der Waals surface area contributed by atoms with E-state index in [9.17, 15) is 19.8 Å². The molecule has 0 aromatic heterocycles. The van der Waals surface area contributed by atoms with Gasteiger partial charge >= 0.3 is 11.9 Å². The molecule has 0 heterocycles. The first kappa shape index (κ1) is 19.6. The first-order chi connectivity index (χ1) is 9.61. The van der Waals surface area contributed by atoms with Crippen LogP contribution < -0.4 is 11.5 Å². The lowest BCUT2D eigenvalue weighted by Gasteiger charge is -2.26. The van der Waals surface area contributed by atoms with Crippen LogP contribution >= 0.6 is 0 Å². The Morgan fingerprint density at radius 1 is 1.00 bits per heavy atom. The predicted octanol–water partition coefficient (Wildman–Crippen LogP) is 1.88. The van der Waals surface area contributed by atoms with Crippen molar-refractivity contribution in [2.75, 3.05) is 0 Å². The number of hydrogen-bond acceptors (Lipinski definition) is 4. The summed E-state index contributed by atoms with van der Waals surface area (Å²) in [6, 6.07) is 0. The molecule has 0 saturated heterocycles. The molecule has 0 amide bonds. The lowest BCUT2D eigenvalue weighted by Crippen LogP contribution is -2.48. The summed E-state index contributed by atoms with van der Waals surface area (Å²) in [7, 11) is 0. The largest absolute Gasteiger partial charge is 0.480 e. The molecule has 0 rings (SSSR count). The van der Waals surface area contributed by atoms with Crippen molar-refractivity contribution in [1.82, 2.24) is 0 Å². The molecule has 0 aromatic carbocycles. The van der Waals surface area contributed by atoms with Crippen molar-refractivity contribution < 1.29 is 19.8 Å². The van der Waals surface area contributed by atoms with E-state index in [0.29, 0.717) is 25.7 Å². The standard InChI is InChI=1S/C15H28N2O4/c1-4-7-14(16,12(18)19)9-6-11(3)10-15(17,8-5-2)13(20)21/h6H,4-5,7-10,16-17H2,1-3H3,(H,18,19)(H,20,21). The summed E-state index contributed by atoms with van der Waals surface area (Å²) in [5.74, 6) is -2.08. The third-order valence-electron chi connectivity index (χ3n) is 3.65. The van der Waals surface area contributed by atoms with Crippen molar-refractivity contribution in [1.29, 1.82) is 0 Å². The minimum atomic E-state index is -1.30. The summed E-state index contributed by atoms with van der Waals surface area (Å²) in [5, 5.41) is 18.5. The van der Waals surface area contributed by atoms with Gasteiger partial charge in [0.05, 0.1) is 0 Å². The second kappa shape index (κ2) is 8.14. The first-order valence-electron chi connectivity index (χ1n) is 7.31. The minimum Gasteiger partial charge on any atom is -0.480 e. The molecule has 6 nitrogen and oxygen atoms in total. The maximum Gasteiger partial charge on any atom is 0.324 e. The van der Waals surface area contributed by atoms with Crippen LogP contribution in [0.25, 0.3) is 0 Å². The summed E-state index contributed by atoms with van der Waals surface area (Å²) in [6.07, 6.45) is 4.14. The van der Waals surface area contributed by atoms with E-state index in [2.05, 4.69) is 0 Å². The van der Waals surface area contributed by atoms with Gasteiger partial charge in [-0.1, -0.05) is 38.3 Å². The smallest absolute Gasteiger partial charge is 0.324 e. The highest BCUT2D eigenvalue weighted by atomic mass is 16.4. The van der Waals surface area contributed by atoms with E-state index in [0.717, 1.165) is 5.57 Å². The molecule has 2 unspecified atom stereocenters. The van der Waals surface area contributed by atoms with E-state index >= 15 is 0 Å². The Hall–Kier alpha value is -1.40. The molecule has 0 bridgehead atoms. The molecule has 122 valence electrons. The average molecular weight is 300 g/mol. The van der Waals surface area contributed by atoms with Gasteiger partial charge in [-0.05, 0) is 32.6 Å². The SMILES string of the molecule is CCCC(N)(CC=C(C)CC(N)(CCC)C(=O)O)C(=O)O. The summed E-state index contributed by atoms with van der Waals surface area (Å²) in [5.41, 5.74) is 9.95. The number of aliphatic carboxylic acids is 2. The molecule has 0 radical (unpaired) electrons. The van der Waals surface area contributed by atoms with Gasteiger partial charge < -0.3 is 21.7 Å². The lowest BCUT2D eigenvalue weighted by molar-refractivity contribution is -0.144. The van der Waals surface area contributed by atoms with E-state index in [1.54, 1.807) is 13.0 Å². The maximum atomic E-state index is 11.3. The molecule has 6 heteroatoms. The van der Waals surface area contributed by atoms with Crippen LogP contribution in [0, 0.1) is 0 Å². The zero-order valence-corrected chi connectivity index (χ0v) is 13.2. The van der Waals surface area contributed by atoms with E-state index in [-0.39, 0.29) is 12.8 Å². The van der Waals surface area contributed by atoms with Crippen molar-refractivity contribution in [2.24, 2.45) is 11.5 Å². The lowest BCUT2D eigenvalue weighted by atomic mass is 9.85. The van der Waals surface area contributed by atoms with E-state index in [1.165, 1.54) is 0 Å². The Morgan fingerprint density at radius 3 is 1.81 bits per heavy atom. The Kier molecular flexibility index (Phi) is 7.60. The van der Waals surface area contributed by atoms with Crippen LogP contribution in [0.2, 0.25) is 0 Å². The van der Waals surface area contributed by atoms with Gasteiger partial charge in [-0.3, -0.25) is 9.59 Å². The van der Waals surface area contributed by atoms with Crippen molar-refractivity contribution in [3.8, 4) is 0 Å². The van der Waals surface area contributed by atoms with Gasteiger partial charge in [-0.15, -0.1) is 0 Å². The van der Waals surface area contributed by atoms with Crippen molar-refractivity contribution in [2.45, 2.75) is 70.4 Å². The summed E-state index contributed by atoms with van der Waals surface area (Å²) >= 11 is 0. The van der Waals surface area contributed by atoms with Gasteiger partial charge in [0.15, 0.2) is 0 Å². The molecule has 0 aromatic rings. The predicted molar refractivity (Wildman–Crippen MR) is 81.9 cm³/mol. The molecular formula is C15H28N2O4. The quantitative estimate of drug-likeness (QED) is 0.456. The van der Waals surface area contributed by atoms with Crippen LogP contribution in [0.3, 0.4) is 0 Å². The fourth-order valence-electron chi connectivity index (χ4n) is 2.39. The third-order valence-corrected chi connectivity index (χ3v) is 3.65. The second-order valence-corrected chi connectivity index (χ2v) is 5.85. The molecule has 21 heavy (non-hydrogen) atoms. The number of nitrogens with two attached hydrogens (primary N) is 2. The van der Waals surface area contributed by atoms with Crippen LogP contribution in [0.15, 0.2) is 11.6 Å². The number of rotatable bonds is 10. The van der Waals surface area contributed by atoms with Gasteiger partial charge in [0.1, 0.15) is 11.1 Å². The van der Waals surface area contributed by atoms with Gasteiger partial charge in [0, 0.05) is 0 Å². The monoisotopic (exact) mass is 300 g/mol. The molecule has 2 atom stereocenters. The van der Waals surface area contributed by atoms with Crippen LogP contribution in [0.5, 0.6) is 0 Å². The first-order valence-corrected chi connectivity index (χ1v) is 7.31. The molecule has 0 fully saturated rings. The van der Waals surface area contributed by atoms with Crippen molar-refractivity contribution >= 4 is 11.9 Å². The third kappa shape index (κ3) is 5.85. The molecule has 6 N–H and O–H groups in total. The van der Waals surface area contributed by atoms with Crippen LogP contribution in [0.1, 0.15) is 59.3 Å². The molecule has 0 aliphatic heterocycles. The minimum absolute atomic E-state index is 0.170. The molecule has 0 aliphatic carbocycles. The van der Waals surface area contributed by atoms with Crippen LogP contribution in [-0.2, 0) is 9.59 Å². The van der Waals surface area contributed by atoms with Crippen molar-refractivity contribution in [3.63, 3.8) is 0 Å². The van der Waals surface area contributed by atoms with E-state index in [4.69, 9.17) is 11.5 Å². The number of carboxylic acid groups (broad SMARTS) is 2. The number of carboxylic acids is 2. The highest BCUT2D eigenvalue weighted by Crippen LogP contribution is 2.23. The zero-order valence-electron chi connectivity index (χ0n) is 13.2. The zero-order chi connectivity index (χ0) is 16.7.